The van der Waals surface area contributed by atoms with Gasteiger partial charge in [0.25, 0.3) is 5.91 Å². The molecule has 0 aliphatic heterocycles. The summed E-state index contributed by atoms with van der Waals surface area (Å²) in [5.41, 5.74) is 6.23. The van der Waals surface area contributed by atoms with Crippen LogP contribution in [0.3, 0.4) is 0 Å². The number of carbonyl (C=O) groups excluding carboxylic acids is 1. The van der Waals surface area contributed by atoms with E-state index in [-0.39, 0.29) is 11.4 Å². The molecule has 1 amide bonds. The average molecular weight is 278 g/mol. The van der Waals surface area contributed by atoms with Crippen molar-refractivity contribution in [2.75, 3.05) is 11.1 Å². The van der Waals surface area contributed by atoms with Crippen LogP contribution in [0.5, 0.6) is 0 Å². The fourth-order valence-corrected chi connectivity index (χ4v) is 2.01. The summed E-state index contributed by atoms with van der Waals surface area (Å²) in [6.45, 7) is 0. The molecule has 4 N–H and O–H groups in total. The number of para-hydroxylation sites is 1. The van der Waals surface area contributed by atoms with Crippen LogP contribution in [0.15, 0.2) is 18.2 Å². The first-order valence-corrected chi connectivity index (χ1v) is 6.17. The van der Waals surface area contributed by atoms with Crippen LogP contribution in [0.1, 0.15) is 34.9 Å². The molecular formula is C13H12F2N4O. The van der Waals surface area contributed by atoms with Gasteiger partial charge in [0.05, 0.1) is 11.4 Å². The van der Waals surface area contributed by atoms with Crippen molar-refractivity contribution >= 4 is 17.3 Å². The number of aromatic nitrogens is 2. The molecule has 104 valence electrons. The van der Waals surface area contributed by atoms with Gasteiger partial charge < -0.3 is 11.1 Å². The molecule has 7 heteroatoms. The number of halogens is 2. The lowest BCUT2D eigenvalue weighted by molar-refractivity contribution is 0.102. The van der Waals surface area contributed by atoms with Crippen LogP contribution >= 0.6 is 0 Å². The maximum Gasteiger partial charge on any atom is 0.278 e. The first-order chi connectivity index (χ1) is 9.58. The van der Waals surface area contributed by atoms with Gasteiger partial charge in [0.1, 0.15) is 17.3 Å². The monoisotopic (exact) mass is 278 g/mol. The van der Waals surface area contributed by atoms with Gasteiger partial charge in [-0.05, 0) is 25.0 Å². The zero-order valence-corrected chi connectivity index (χ0v) is 10.4. The van der Waals surface area contributed by atoms with Crippen LogP contribution in [0, 0.1) is 11.6 Å². The van der Waals surface area contributed by atoms with Crippen molar-refractivity contribution in [2.24, 2.45) is 0 Å². The molecule has 5 nitrogen and oxygen atoms in total. The molecule has 20 heavy (non-hydrogen) atoms. The SMILES string of the molecule is Nc1c(C(=O)Nc2c(F)cccc2F)n[nH]c1C1CC1. The van der Waals surface area contributed by atoms with E-state index in [1.807, 2.05) is 0 Å². The molecule has 1 aliphatic carbocycles. The predicted molar refractivity (Wildman–Crippen MR) is 69.3 cm³/mol. The minimum absolute atomic E-state index is 0.0467. The van der Waals surface area contributed by atoms with Gasteiger partial charge in [0.2, 0.25) is 0 Å². The minimum atomic E-state index is -0.852. The number of carbonyl (C=O) groups is 1. The topological polar surface area (TPSA) is 83.8 Å². The number of nitrogen functional groups attached to an aromatic ring is 1. The van der Waals surface area contributed by atoms with Gasteiger partial charge in [-0.3, -0.25) is 9.89 Å². The third-order valence-electron chi connectivity index (χ3n) is 3.24. The second-order valence-electron chi connectivity index (χ2n) is 4.72. The Morgan fingerprint density at radius 1 is 1.35 bits per heavy atom. The smallest absolute Gasteiger partial charge is 0.278 e. The second kappa shape index (κ2) is 4.59. The largest absolute Gasteiger partial charge is 0.395 e. The van der Waals surface area contributed by atoms with E-state index in [2.05, 4.69) is 15.5 Å². The Kier molecular flexibility index (Phi) is 2.89. The van der Waals surface area contributed by atoms with Crippen molar-refractivity contribution in [2.45, 2.75) is 18.8 Å². The van der Waals surface area contributed by atoms with Crippen molar-refractivity contribution in [3.05, 3.63) is 41.2 Å². The molecule has 0 bridgehead atoms. The number of nitrogens with two attached hydrogens (primary N) is 1. The molecule has 1 aromatic carbocycles. The van der Waals surface area contributed by atoms with E-state index in [4.69, 9.17) is 5.73 Å². The Morgan fingerprint density at radius 3 is 2.60 bits per heavy atom. The number of amides is 1. The number of hydrogen-bond acceptors (Lipinski definition) is 3. The zero-order chi connectivity index (χ0) is 14.3. The highest BCUT2D eigenvalue weighted by Crippen LogP contribution is 2.42. The van der Waals surface area contributed by atoms with E-state index < -0.39 is 23.2 Å². The molecule has 0 radical (unpaired) electrons. The Hall–Kier alpha value is -2.44. The fraction of sp³-hybridized carbons (Fsp3) is 0.231. The van der Waals surface area contributed by atoms with Gasteiger partial charge in [0.15, 0.2) is 5.69 Å². The van der Waals surface area contributed by atoms with Crippen molar-refractivity contribution in [1.82, 2.24) is 10.2 Å². The molecule has 1 aromatic heterocycles. The van der Waals surface area contributed by atoms with Crippen LogP contribution in [-0.4, -0.2) is 16.1 Å². The number of rotatable bonds is 3. The second-order valence-corrected chi connectivity index (χ2v) is 4.72. The van der Waals surface area contributed by atoms with Crippen LogP contribution < -0.4 is 11.1 Å². The van der Waals surface area contributed by atoms with E-state index in [0.29, 0.717) is 11.6 Å². The van der Waals surface area contributed by atoms with Gasteiger partial charge in [-0.15, -0.1) is 0 Å². The molecule has 3 rings (SSSR count). The molecule has 2 aromatic rings. The molecule has 1 fully saturated rings. The van der Waals surface area contributed by atoms with Crippen LogP contribution in [0.4, 0.5) is 20.2 Å². The number of aromatic amines is 1. The maximum atomic E-state index is 13.5. The number of nitrogens with zero attached hydrogens (tertiary/aromatic N) is 1. The van der Waals surface area contributed by atoms with Crippen LogP contribution in [0.2, 0.25) is 0 Å². The van der Waals surface area contributed by atoms with Gasteiger partial charge in [-0.2, -0.15) is 5.10 Å². The number of nitrogens with one attached hydrogen (secondary N) is 2. The van der Waals surface area contributed by atoms with Crippen molar-refractivity contribution < 1.29 is 13.6 Å². The average Bonchev–Trinajstić information content (AvgIpc) is 3.17. The standard InChI is InChI=1S/C13H12F2N4O/c14-7-2-1-3-8(15)11(7)17-13(20)12-9(16)10(18-19-12)6-4-5-6/h1-3,6H,4-5,16H2,(H,17,20)(H,18,19). The van der Waals surface area contributed by atoms with Gasteiger partial charge >= 0.3 is 0 Å². The van der Waals surface area contributed by atoms with E-state index in [1.165, 1.54) is 6.07 Å². The normalized spacial score (nSPS) is 14.3. The van der Waals surface area contributed by atoms with Crippen molar-refractivity contribution in [1.29, 1.82) is 0 Å². The van der Waals surface area contributed by atoms with Gasteiger partial charge in [-0.1, -0.05) is 6.07 Å². The molecule has 0 saturated heterocycles. The Bertz CT molecular complexity index is 659. The Labute approximate surface area is 113 Å². The molecule has 0 spiro atoms. The lowest BCUT2D eigenvalue weighted by Gasteiger charge is -2.06. The summed E-state index contributed by atoms with van der Waals surface area (Å²) in [4.78, 5) is 12.0. The number of H-pyrrole nitrogens is 1. The molecule has 1 aliphatic rings. The first kappa shape index (κ1) is 12.6. The van der Waals surface area contributed by atoms with E-state index in [1.54, 1.807) is 0 Å². The predicted octanol–water partition coefficient (Wildman–Crippen LogP) is 2.40. The summed E-state index contributed by atoms with van der Waals surface area (Å²) >= 11 is 0. The number of benzene rings is 1. The lowest BCUT2D eigenvalue weighted by Crippen LogP contribution is -2.16. The summed E-state index contributed by atoms with van der Waals surface area (Å²) in [5.74, 6) is -2.14. The summed E-state index contributed by atoms with van der Waals surface area (Å²) in [6, 6.07) is 3.33. The minimum Gasteiger partial charge on any atom is -0.395 e. The Balaban J connectivity index is 1.86. The third-order valence-corrected chi connectivity index (χ3v) is 3.24. The Morgan fingerprint density at radius 2 is 2.00 bits per heavy atom. The molecule has 1 saturated carbocycles. The quantitative estimate of drug-likeness (QED) is 0.806. The summed E-state index contributed by atoms with van der Waals surface area (Å²) in [6.07, 6.45) is 1.99. The van der Waals surface area contributed by atoms with Crippen LogP contribution in [-0.2, 0) is 0 Å². The van der Waals surface area contributed by atoms with Crippen LogP contribution in [0.25, 0.3) is 0 Å². The summed E-state index contributed by atoms with van der Waals surface area (Å²) in [7, 11) is 0. The maximum absolute atomic E-state index is 13.5. The number of anilines is 2. The third kappa shape index (κ3) is 2.11. The van der Waals surface area contributed by atoms with E-state index >= 15 is 0 Å². The van der Waals surface area contributed by atoms with E-state index in [9.17, 15) is 13.6 Å². The van der Waals surface area contributed by atoms with E-state index in [0.717, 1.165) is 25.0 Å². The zero-order valence-electron chi connectivity index (χ0n) is 10.4. The molecule has 1 heterocycles. The summed E-state index contributed by atoms with van der Waals surface area (Å²) < 4.78 is 26.9. The highest BCUT2D eigenvalue weighted by atomic mass is 19.1. The highest BCUT2D eigenvalue weighted by Gasteiger charge is 2.30. The number of hydrogen-bond donors (Lipinski definition) is 3. The lowest BCUT2D eigenvalue weighted by atomic mass is 10.2. The first-order valence-electron chi connectivity index (χ1n) is 6.17. The summed E-state index contributed by atoms with van der Waals surface area (Å²) in [5, 5.41) is 8.69. The van der Waals surface area contributed by atoms with Gasteiger partial charge in [0, 0.05) is 5.92 Å². The molecular weight excluding hydrogens is 266 g/mol. The van der Waals surface area contributed by atoms with Crippen molar-refractivity contribution in [3.8, 4) is 0 Å². The fourth-order valence-electron chi connectivity index (χ4n) is 2.01. The van der Waals surface area contributed by atoms with Crippen molar-refractivity contribution in [3.63, 3.8) is 0 Å². The molecule has 0 unspecified atom stereocenters. The molecule has 0 atom stereocenters. The van der Waals surface area contributed by atoms with Gasteiger partial charge in [-0.25, -0.2) is 8.78 Å². The highest BCUT2D eigenvalue weighted by molar-refractivity contribution is 6.06.